The van der Waals surface area contributed by atoms with E-state index >= 15 is 0 Å². The van der Waals surface area contributed by atoms with Crippen LogP contribution < -0.4 is 10.1 Å². The van der Waals surface area contributed by atoms with Gasteiger partial charge in [0.15, 0.2) is 0 Å². The second-order valence-electron chi connectivity index (χ2n) is 4.81. The van der Waals surface area contributed by atoms with Crippen LogP contribution in [0.15, 0.2) is 18.2 Å². The third-order valence-corrected chi connectivity index (χ3v) is 2.97. The lowest BCUT2D eigenvalue weighted by Gasteiger charge is -2.14. The van der Waals surface area contributed by atoms with Gasteiger partial charge in [-0.25, -0.2) is 0 Å². The van der Waals surface area contributed by atoms with Gasteiger partial charge in [0.25, 0.3) is 0 Å². The molecule has 1 aliphatic rings. The molecular formula is C14H14F3NO3. The van der Waals surface area contributed by atoms with Gasteiger partial charge in [0, 0.05) is 11.6 Å². The molecule has 1 fully saturated rings. The SMILES string of the molecule is O=Cc1ccc(OCCC(=O)NC2CC2)c(C(F)(F)F)c1. The number of alkyl halides is 3. The van der Waals surface area contributed by atoms with Crippen molar-refractivity contribution in [1.82, 2.24) is 5.32 Å². The quantitative estimate of drug-likeness (QED) is 0.822. The fourth-order valence-electron chi connectivity index (χ4n) is 1.75. The smallest absolute Gasteiger partial charge is 0.419 e. The minimum atomic E-state index is -4.62. The van der Waals surface area contributed by atoms with Gasteiger partial charge in [0.1, 0.15) is 12.0 Å². The number of nitrogens with one attached hydrogen (secondary N) is 1. The Morgan fingerprint density at radius 1 is 1.38 bits per heavy atom. The Kier molecular flexibility index (Phi) is 4.50. The summed E-state index contributed by atoms with van der Waals surface area (Å²) in [5, 5.41) is 2.72. The lowest BCUT2D eigenvalue weighted by atomic mass is 10.1. The van der Waals surface area contributed by atoms with Crippen LogP contribution in [0.3, 0.4) is 0 Å². The van der Waals surface area contributed by atoms with Gasteiger partial charge in [-0.3, -0.25) is 9.59 Å². The molecule has 0 bridgehead atoms. The number of benzene rings is 1. The highest BCUT2D eigenvalue weighted by molar-refractivity contribution is 5.77. The molecule has 1 saturated carbocycles. The van der Waals surface area contributed by atoms with E-state index in [2.05, 4.69) is 5.32 Å². The first-order valence-corrected chi connectivity index (χ1v) is 6.49. The van der Waals surface area contributed by atoms with E-state index in [0.29, 0.717) is 6.29 Å². The summed E-state index contributed by atoms with van der Waals surface area (Å²) in [6.07, 6.45) is -2.41. The summed E-state index contributed by atoms with van der Waals surface area (Å²) in [5.74, 6) is -0.622. The van der Waals surface area contributed by atoms with E-state index < -0.39 is 11.7 Å². The zero-order valence-corrected chi connectivity index (χ0v) is 11.1. The van der Waals surface area contributed by atoms with Crippen LogP contribution in [0.4, 0.5) is 13.2 Å². The van der Waals surface area contributed by atoms with Gasteiger partial charge >= 0.3 is 6.18 Å². The molecule has 0 aliphatic heterocycles. The molecule has 0 radical (unpaired) electrons. The van der Waals surface area contributed by atoms with E-state index in [4.69, 9.17) is 4.74 Å². The summed E-state index contributed by atoms with van der Waals surface area (Å²) in [6, 6.07) is 3.26. The van der Waals surface area contributed by atoms with Crippen molar-refractivity contribution in [3.8, 4) is 5.75 Å². The number of halogens is 3. The van der Waals surface area contributed by atoms with Crippen molar-refractivity contribution in [3.63, 3.8) is 0 Å². The number of hydrogen-bond acceptors (Lipinski definition) is 3. The van der Waals surface area contributed by atoms with Crippen molar-refractivity contribution in [2.75, 3.05) is 6.61 Å². The first kappa shape index (κ1) is 15.3. The molecule has 0 unspecified atom stereocenters. The molecular weight excluding hydrogens is 287 g/mol. The molecule has 0 spiro atoms. The highest BCUT2D eigenvalue weighted by atomic mass is 19.4. The average molecular weight is 301 g/mol. The summed E-state index contributed by atoms with van der Waals surface area (Å²) < 4.78 is 43.6. The molecule has 7 heteroatoms. The van der Waals surface area contributed by atoms with Gasteiger partial charge in [0.05, 0.1) is 18.6 Å². The molecule has 0 saturated heterocycles. The largest absolute Gasteiger partial charge is 0.492 e. The van der Waals surface area contributed by atoms with E-state index in [1.54, 1.807) is 0 Å². The summed E-state index contributed by atoms with van der Waals surface area (Å²) in [4.78, 5) is 22.0. The highest BCUT2D eigenvalue weighted by Gasteiger charge is 2.34. The van der Waals surface area contributed by atoms with Crippen LogP contribution in [-0.2, 0) is 11.0 Å². The van der Waals surface area contributed by atoms with Crippen LogP contribution in [0.2, 0.25) is 0 Å². The Balaban J connectivity index is 1.97. The monoisotopic (exact) mass is 301 g/mol. The summed E-state index contributed by atoms with van der Waals surface area (Å²) >= 11 is 0. The van der Waals surface area contributed by atoms with E-state index in [1.165, 1.54) is 6.07 Å². The number of rotatable bonds is 6. The molecule has 1 N–H and O–H groups in total. The average Bonchev–Trinajstić information content (AvgIpc) is 3.21. The molecule has 21 heavy (non-hydrogen) atoms. The first-order valence-electron chi connectivity index (χ1n) is 6.49. The van der Waals surface area contributed by atoms with Crippen LogP contribution in [0.1, 0.15) is 35.2 Å². The maximum absolute atomic E-state index is 12.9. The van der Waals surface area contributed by atoms with E-state index in [-0.39, 0.29) is 36.3 Å². The normalized spacial score (nSPS) is 14.6. The number of carbonyl (C=O) groups excluding carboxylic acids is 2. The zero-order valence-electron chi connectivity index (χ0n) is 11.1. The molecule has 1 amide bonds. The minimum Gasteiger partial charge on any atom is -0.492 e. The second kappa shape index (κ2) is 6.15. The predicted octanol–water partition coefficient (Wildman–Crippen LogP) is 2.57. The van der Waals surface area contributed by atoms with Crippen molar-refractivity contribution in [2.24, 2.45) is 0 Å². The van der Waals surface area contributed by atoms with Gasteiger partial charge in [-0.2, -0.15) is 13.2 Å². The molecule has 2 rings (SSSR count). The number of amides is 1. The number of aldehydes is 1. The number of hydrogen-bond donors (Lipinski definition) is 1. The summed E-state index contributed by atoms with van der Waals surface area (Å²) in [5.41, 5.74) is -1.10. The van der Waals surface area contributed by atoms with Crippen LogP contribution in [0.25, 0.3) is 0 Å². The zero-order chi connectivity index (χ0) is 15.5. The number of carbonyl (C=O) groups is 2. The van der Waals surface area contributed by atoms with Gasteiger partial charge in [-0.1, -0.05) is 0 Å². The maximum atomic E-state index is 12.9. The van der Waals surface area contributed by atoms with Crippen molar-refractivity contribution in [1.29, 1.82) is 0 Å². The Morgan fingerprint density at radius 3 is 2.67 bits per heavy atom. The summed E-state index contributed by atoms with van der Waals surface area (Å²) in [7, 11) is 0. The minimum absolute atomic E-state index is 0.0107. The molecule has 1 aromatic rings. The summed E-state index contributed by atoms with van der Waals surface area (Å²) in [6.45, 7) is -0.151. The van der Waals surface area contributed by atoms with Gasteiger partial charge in [-0.05, 0) is 31.0 Å². The topological polar surface area (TPSA) is 55.4 Å². The van der Waals surface area contributed by atoms with E-state index in [0.717, 1.165) is 25.0 Å². The highest BCUT2D eigenvalue weighted by Crippen LogP contribution is 2.36. The van der Waals surface area contributed by atoms with E-state index in [1.807, 2.05) is 0 Å². The van der Waals surface area contributed by atoms with Crippen molar-refractivity contribution in [2.45, 2.75) is 31.5 Å². The van der Waals surface area contributed by atoms with Gasteiger partial charge in [-0.15, -0.1) is 0 Å². The van der Waals surface area contributed by atoms with Crippen LogP contribution in [-0.4, -0.2) is 24.8 Å². The van der Waals surface area contributed by atoms with Crippen molar-refractivity contribution in [3.05, 3.63) is 29.3 Å². The van der Waals surface area contributed by atoms with Gasteiger partial charge < -0.3 is 10.1 Å². The van der Waals surface area contributed by atoms with Crippen LogP contribution in [0, 0.1) is 0 Å². The van der Waals surface area contributed by atoms with Crippen LogP contribution >= 0.6 is 0 Å². The molecule has 1 aromatic carbocycles. The molecule has 0 heterocycles. The second-order valence-corrected chi connectivity index (χ2v) is 4.81. The molecule has 114 valence electrons. The van der Waals surface area contributed by atoms with Crippen LogP contribution in [0.5, 0.6) is 5.75 Å². The standard InChI is InChI=1S/C14H14F3NO3/c15-14(16,17)11-7-9(8-19)1-4-12(11)21-6-5-13(20)18-10-2-3-10/h1,4,7-8,10H,2-3,5-6H2,(H,18,20). The third-order valence-electron chi connectivity index (χ3n) is 2.97. The van der Waals surface area contributed by atoms with Crippen molar-refractivity contribution < 1.29 is 27.5 Å². The van der Waals surface area contributed by atoms with Crippen molar-refractivity contribution >= 4 is 12.2 Å². The lowest BCUT2D eigenvalue weighted by Crippen LogP contribution is -2.26. The maximum Gasteiger partial charge on any atom is 0.419 e. The Morgan fingerprint density at radius 2 is 2.10 bits per heavy atom. The Hall–Kier alpha value is -2.05. The number of ether oxygens (including phenoxy) is 1. The van der Waals surface area contributed by atoms with Gasteiger partial charge in [0.2, 0.25) is 5.91 Å². The molecule has 0 aromatic heterocycles. The van der Waals surface area contributed by atoms with E-state index in [9.17, 15) is 22.8 Å². The Bertz CT molecular complexity index is 539. The third kappa shape index (κ3) is 4.47. The molecule has 1 aliphatic carbocycles. The predicted molar refractivity (Wildman–Crippen MR) is 68.1 cm³/mol. The first-order chi connectivity index (χ1) is 9.90. The molecule has 4 nitrogen and oxygen atoms in total. The lowest BCUT2D eigenvalue weighted by molar-refractivity contribution is -0.138. The molecule has 0 atom stereocenters. The fourth-order valence-corrected chi connectivity index (χ4v) is 1.75. The Labute approximate surface area is 119 Å². The fraction of sp³-hybridized carbons (Fsp3) is 0.429.